The topological polar surface area (TPSA) is 65.3 Å². The largest absolute Gasteiger partial charge is 0.467 e. The number of ether oxygens (including phenoxy) is 1. The van der Waals surface area contributed by atoms with Crippen molar-refractivity contribution in [2.24, 2.45) is 4.99 Å². The second kappa shape index (κ2) is 13.7. The number of nitrogens with zero attached hydrogens (tertiary/aromatic N) is 3. The summed E-state index contributed by atoms with van der Waals surface area (Å²) in [5, 5.41) is 6.75. The maximum atomic E-state index is 5.59. The fourth-order valence-corrected chi connectivity index (χ4v) is 3.70. The fourth-order valence-electron chi connectivity index (χ4n) is 3.70. The first-order valence-corrected chi connectivity index (χ1v) is 11.4. The van der Waals surface area contributed by atoms with Crippen molar-refractivity contribution in [1.82, 2.24) is 15.5 Å². The lowest BCUT2D eigenvalue weighted by molar-refractivity contribution is 0.105. The molecular weight excluding hydrogens is 390 g/mol. The van der Waals surface area contributed by atoms with Crippen molar-refractivity contribution >= 4 is 11.6 Å². The Labute approximate surface area is 186 Å². The van der Waals surface area contributed by atoms with Gasteiger partial charge < -0.3 is 24.7 Å². The van der Waals surface area contributed by atoms with Gasteiger partial charge in [0, 0.05) is 58.6 Å². The van der Waals surface area contributed by atoms with Gasteiger partial charge in [-0.2, -0.15) is 0 Å². The molecule has 7 nitrogen and oxygen atoms in total. The zero-order chi connectivity index (χ0) is 21.6. The van der Waals surface area contributed by atoms with E-state index >= 15 is 0 Å². The zero-order valence-corrected chi connectivity index (χ0v) is 18.8. The Morgan fingerprint density at radius 1 is 0.968 bits per heavy atom. The van der Waals surface area contributed by atoms with Crippen LogP contribution in [0, 0.1) is 0 Å². The second-order valence-electron chi connectivity index (χ2n) is 7.78. The molecule has 3 rings (SSSR count). The third-order valence-corrected chi connectivity index (χ3v) is 5.49. The molecule has 31 heavy (non-hydrogen) atoms. The summed E-state index contributed by atoms with van der Waals surface area (Å²) in [6, 6.07) is 14.5. The van der Waals surface area contributed by atoms with Gasteiger partial charge in [-0.05, 0) is 50.1 Å². The van der Waals surface area contributed by atoms with Crippen LogP contribution in [-0.2, 0) is 11.3 Å². The summed E-state index contributed by atoms with van der Waals surface area (Å²) in [7, 11) is 1.81. The molecule has 0 spiro atoms. The summed E-state index contributed by atoms with van der Waals surface area (Å²) in [6.07, 6.45) is 4.94. The van der Waals surface area contributed by atoms with Crippen LogP contribution in [0.3, 0.4) is 0 Å². The molecule has 0 bridgehead atoms. The molecule has 0 atom stereocenters. The van der Waals surface area contributed by atoms with Crippen LogP contribution in [0.2, 0.25) is 0 Å². The summed E-state index contributed by atoms with van der Waals surface area (Å²) < 4.78 is 10.8. The lowest BCUT2D eigenvalue weighted by Crippen LogP contribution is -2.46. The van der Waals surface area contributed by atoms with Gasteiger partial charge in [-0.15, -0.1) is 0 Å². The number of nitrogens with one attached hydrogen (secondary N) is 2. The minimum absolute atomic E-state index is 0.529. The molecule has 1 saturated heterocycles. The van der Waals surface area contributed by atoms with Crippen LogP contribution in [0.25, 0.3) is 0 Å². The van der Waals surface area contributed by atoms with E-state index in [0.717, 1.165) is 63.8 Å². The highest BCUT2D eigenvalue weighted by molar-refractivity contribution is 5.79. The van der Waals surface area contributed by atoms with E-state index in [1.54, 1.807) is 6.26 Å². The van der Waals surface area contributed by atoms with Gasteiger partial charge >= 0.3 is 0 Å². The lowest BCUT2D eigenvalue weighted by Gasteiger charge is -2.36. The van der Waals surface area contributed by atoms with Crippen molar-refractivity contribution in [1.29, 1.82) is 0 Å². The minimum Gasteiger partial charge on any atom is -0.467 e. The highest BCUT2D eigenvalue weighted by atomic mass is 16.5. The van der Waals surface area contributed by atoms with E-state index in [-0.39, 0.29) is 0 Å². The van der Waals surface area contributed by atoms with Crippen molar-refractivity contribution in [3.63, 3.8) is 0 Å². The first-order chi connectivity index (χ1) is 15.3. The molecule has 0 unspecified atom stereocenters. The number of aliphatic imine (C=N–C) groups is 1. The number of anilines is 1. The van der Waals surface area contributed by atoms with Crippen LogP contribution in [0.15, 0.2) is 58.1 Å². The number of hydrogen-bond donors (Lipinski definition) is 2. The average molecular weight is 428 g/mol. The number of hydrogen-bond acceptors (Lipinski definition) is 5. The number of piperazine rings is 1. The number of para-hydroxylation sites is 1. The van der Waals surface area contributed by atoms with Gasteiger partial charge in [-0.25, -0.2) is 0 Å². The van der Waals surface area contributed by atoms with Gasteiger partial charge in [-0.3, -0.25) is 9.89 Å². The molecule has 1 aromatic heterocycles. The van der Waals surface area contributed by atoms with Gasteiger partial charge in [0.05, 0.1) is 6.26 Å². The first kappa shape index (κ1) is 23.2. The highest BCUT2D eigenvalue weighted by Gasteiger charge is 2.16. The first-order valence-electron chi connectivity index (χ1n) is 11.4. The molecule has 2 aromatic rings. The monoisotopic (exact) mass is 427 g/mol. The van der Waals surface area contributed by atoms with E-state index in [4.69, 9.17) is 9.15 Å². The SMILES string of the molecule is CN=C(NCCCCN1CCN(c2ccccc2)CC1)NCCCOCc1ccco1. The molecule has 2 heterocycles. The maximum Gasteiger partial charge on any atom is 0.190 e. The van der Waals surface area contributed by atoms with E-state index in [9.17, 15) is 0 Å². The summed E-state index contributed by atoms with van der Waals surface area (Å²) in [4.78, 5) is 9.35. The zero-order valence-electron chi connectivity index (χ0n) is 18.8. The Hall–Kier alpha value is -2.51. The van der Waals surface area contributed by atoms with Gasteiger partial charge in [-0.1, -0.05) is 18.2 Å². The number of guanidine groups is 1. The molecule has 1 fully saturated rings. The third kappa shape index (κ3) is 8.63. The molecule has 1 aromatic carbocycles. The van der Waals surface area contributed by atoms with E-state index in [0.29, 0.717) is 13.2 Å². The summed E-state index contributed by atoms with van der Waals surface area (Å²) >= 11 is 0. The third-order valence-electron chi connectivity index (χ3n) is 5.49. The molecular formula is C24H37N5O2. The Balaban J connectivity index is 1.16. The van der Waals surface area contributed by atoms with Gasteiger partial charge in [0.2, 0.25) is 0 Å². The predicted octanol–water partition coefficient (Wildman–Crippen LogP) is 2.95. The van der Waals surface area contributed by atoms with Crippen LogP contribution in [-0.4, -0.2) is 70.3 Å². The van der Waals surface area contributed by atoms with Crippen LogP contribution < -0.4 is 15.5 Å². The molecule has 1 aliphatic heterocycles. The number of rotatable bonds is 12. The van der Waals surface area contributed by atoms with Crippen LogP contribution >= 0.6 is 0 Å². The number of unbranched alkanes of at least 4 members (excludes halogenated alkanes) is 1. The molecule has 0 saturated carbocycles. The fraction of sp³-hybridized carbons (Fsp3) is 0.542. The van der Waals surface area contributed by atoms with Crippen molar-refractivity contribution in [3.8, 4) is 0 Å². The van der Waals surface area contributed by atoms with Gasteiger partial charge in [0.1, 0.15) is 12.4 Å². The lowest BCUT2D eigenvalue weighted by atomic mass is 10.2. The quantitative estimate of drug-likeness (QED) is 0.308. The van der Waals surface area contributed by atoms with Gasteiger partial charge in [0.25, 0.3) is 0 Å². The predicted molar refractivity (Wildman–Crippen MR) is 127 cm³/mol. The molecule has 170 valence electrons. The van der Waals surface area contributed by atoms with Crippen molar-refractivity contribution in [3.05, 3.63) is 54.5 Å². The normalized spacial score (nSPS) is 15.3. The molecule has 0 radical (unpaired) electrons. The minimum atomic E-state index is 0.529. The molecule has 0 amide bonds. The Morgan fingerprint density at radius 2 is 1.74 bits per heavy atom. The Bertz CT molecular complexity index is 728. The van der Waals surface area contributed by atoms with E-state index in [2.05, 4.69) is 55.8 Å². The maximum absolute atomic E-state index is 5.59. The van der Waals surface area contributed by atoms with E-state index in [1.807, 2.05) is 19.2 Å². The van der Waals surface area contributed by atoms with E-state index < -0.39 is 0 Å². The Kier molecular flexibility index (Phi) is 10.3. The molecule has 7 heteroatoms. The molecule has 2 N–H and O–H groups in total. The van der Waals surface area contributed by atoms with Crippen LogP contribution in [0.1, 0.15) is 25.0 Å². The van der Waals surface area contributed by atoms with Crippen molar-refractivity contribution in [2.45, 2.75) is 25.9 Å². The molecule has 0 aliphatic carbocycles. The number of benzene rings is 1. The van der Waals surface area contributed by atoms with Crippen LogP contribution in [0.5, 0.6) is 0 Å². The molecule has 1 aliphatic rings. The summed E-state index contributed by atoms with van der Waals surface area (Å²) in [5.41, 5.74) is 1.34. The number of furan rings is 1. The van der Waals surface area contributed by atoms with Crippen LogP contribution in [0.4, 0.5) is 5.69 Å². The average Bonchev–Trinajstić information content (AvgIpc) is 3.34. The van der Waals surface area contributed by atoms with E-state index in [1.165, 1.54) is 18.7 Å². The van der Waals surface area contributed by atoms with Gasteiger partial charge in [0.15, 0.2) is 5.96 Å². The highest BCUT2D eigenvalue weighted by Crippen LogP contribution is 2.15. The van der Waals surface area contributed by atoms with Crippen molar-refractivity contribution < 1.29 is 9.15 Å². The summed E-state index contributed by atoms with van der Waals surface area (Å²) in [5.74, 6) is 1.73. The smallest absolute Gasteiger partial charge is 0.190 e. The second-order valence-corrected chi connectivity index (χ2v) is 7.78. The summed E-state index contributed by atoms with van der Waals surface area (Å²) in [6.45, 7) is 8.70. The van der Waals surface area contributed by atoms with Crippen molar-refractivity contribution in [2.75, 3.05) is 64.4 Å². The standard InChI is InChI=1S/C24H37N5O2/c1-25-24(27-13-8-19-30-21-23-11-7-20-31-23)26-12-5-6-14-28-15-17-29(18-16-28)22-9-3-2-4-10-22/h2-4,7,9-11,20H,5-6,8,12-19,21H2,1H3,(H2,25,26,27). The Morgan fingerprint density at radius 3 is 2.45 bits per heavy atom.